The molecule has 0 radical (unpaired) electrons. The molecular formula is C18H18N6O2. The molecule has 0 bridgehead atoms. The first-order valence-corrected chi connectivity index (χ1v) is 8.20. The number of aryl methyl sites for hydroxylation is 1. The fourth-order valence-corrected chi connectivity index (χ4v) is 2.69. The van der Waals surface area contributed by atoms with Crippen molar-refractivity contribution in [2.45, 2.75) is 20.1 Å². The van der Waals surface area contributed by atoms with E-state index in [0.717, 1.165) is 28.4 Å². The maximum Gasteiger partial charge on any atom is 0.252 e. The molecule has 0 saturated heterocycles. The van der Waals surface area contributed by atoms with Crippen LogP contribution in [0.4, 0.5) is 5.82 Å². The number of methoxy groups -OCH3 is 1. The van der Waals surface area contributed by atoms with Gasteiger partial charge in [-0.1, -0.05) is 35.5 Å². The van der Waals surface area contributed by atoms with Gasteiger partial charge in [-0.25, -0.2) is 4.98 Å². The number of aromatic nitrogens is 5. The highest BCUT2D eigenvalue weighted by molar-refractivity contribution is 5.66. The van der Waals surface area contributed by atoms with Crippen molar-refractivity contribution in [3.63, 3.8) is 0 Å². The Morgan fingerprint density at radius 2 is 2.00 bits per heavy atom. The predicted molar refractivity (Wildman–Crippen MR) is 95.5 cm³/mol. The van der Waals surface area contributed by atoms with Gasteiger partial charge < -0.3 is 14.6 Å². The van der Waals surface area contributed by atoms with Crippen LogP contribution in [0.3, 0.4) is 0 Å². The van der Waals surface area contributed by atoms with Crippen molar-refractivity contribution in [2.75, 3.05) is 12.4 Å². The number of hydrogen-bond acceptors (Lipinski definition) is 7. The SMILES string of the molecule is COCc1nc(CNc2cc(-c3ccccc3)nc3cc(C)nn23)no1. The Bertz CT molecular complexity index is 1020. The number of fused-ring (bicyclic) bond motifs is 1. The summed E-state index contributed by atoms with van der Waals surface area (Å²) in [5, 5.41) is 11.8. The molecule has 1 N–H and O–H groups in total. The molecular weight excluding hydrogens is 332 g/mol. The molecule has 0 aliphatic carbocycles. The van der Waals surface area contributed by atoms with Crippen LogP contribution in [0.2, 0.25) is 0 Å². The molecule has 0 saturated carbocycles. The second-order valence-electron chi connectivity index (χ2n) is 5.84. The van der Waals surface area contributed by atoms with Crippen LogP contribution in [0.5, 0.6) is 0 Å². The molecule has 0 aliphatic rings. The van der Waals surface area contributed by atoms with Crippen LogP contribution in [-0.4, -0.2) is 31.8 Å². The molecule has 0 fully saturated rings. The van der Waals surface area contributed by atoms with Crippen molar-refractivity contribution < 1.29 is 9.26 Å². The van der Waals surface area contributed by atoms with E-state index in [4.69, 9.17) is 14.2 Å². The summed E-state index contributed by atoms with van der Waals surface area (Å²) in [6, 6.07) is 13.9. The molecule has 4 rings (SSSR count). The zero-order valence-electron chi connectivity index (χ0n) is 14.5. The fourth-order valence-electron chi connectivity index (χ4n) is 2.69. The highest BCUT2D eigenvalue weighted by Gasteiger charge is 2.11. The van der Waals surface area contributed by atoms with Gasteiger partial charge in [0.1, 0.15) is 12.4 Å². The van der Waals surface area contributed by atoms with Gasteiger partial charge in [0.05, 0.1) is 17.9 Å². The lowest BCUT2D eigenvalue weighted by Crippen LogP contribution is -2.08. The minimum atomic E-state index is 0.295. The third kappa shape index (κ3) is 3.27. The quantitative estimate of drug-likeness (QED) is 0.572. The van der Waals surface area contributed by atoms with Crippen molar-refractivity contribution in [1.82, 2.24) is 24.7 Å². The van der Waals surface area contributed by atoms with Crippen molar-refractivity contribution in [3.05, 3.63) is 59.9 Å². The van der Waals surface area contributed by atoms with Gasteiger partial charge in [-0.15, -0.1) is 0 Å². The van der Waals surface area contributed by atoms with Gasteiger partial charge in [-0.05, 0) is 6.92 Å². The maximum atomic E-state index is 5.12. The topological polar surface area (TPSA) is 90.4 Å². The van der Waals surface area contributed by atoms with Crippen LogP contribution in [0.15, 0.2) is 47.0 Å². The van der Waals surface area contributed by atoms with E-state index in [1.807, 2.05) is 49.4 Å². The smallest absolute Gasteiger partial charge is 0.252 e. The van der Waals surface area contributed by atoms with Crippen LogP contribution in [0.1, 0.15) is 17.4 Å². The Morgan fingerprint density at radius 1 is 1.15 bits per heavy atom. The summed E-state index contributed by atoms with van der Waals surface area (Å²) in [5.74, 6) is 1.80. The van der Waals surface area contributed by atoms with E-state index in [9.17, 15) is 0 Å². The third-order valence-electron chi connectivity index (χ3n) is 3.82. The van der Waals surface area contributed by atoms with Gasteiger partial charge in [-0.3, -0.25) is 0 Å². The van der Waals surface area contributed by atoms with Crippen molar-refractivity contribution in [2.24, 2.45) is 0 Å². The standard InChI is InChI=1S/C18H18N6O2/c1-12-8-17-20-14(13-6-4-3-5-7-13)9-16(24(17)22-12)19-10-15-21-18(11-25-2)26-23-15/h3-9,19H,10-11H2,1-2H3. The minimum Gasteiger partial charge on any atom is -0.375 e. The Morgan fingerprint density at radius 3 is 2.81 bits per heavy atom. The van der Waals surface area contributed by atoms with E-state index in [0.29, 0.717) is 24.9 Å². The molecule has 0 spiro atoms. The molecule has 0 unspecified atom stereocenters. The second-order valence-corrected chi connectivity index (χ2v) is 5.84. The second kappa shape index (κ2) is 6.93. The molecule has 0 amide bonds. The highest BCUT2D eigenvalue weighted by Crippen LogP contribution is 2.22. The summed E-state index contributed by atoms with van der Waals surface area (Å²) in [6.45, 7) is 2.64. The van der Waals surface area contributed by atoms with Crippen LogP contribution >= 0.6 is 0 Å². The molecule has 3 heterocycles. The minimum absolute atomic E-state index is 0.295. The number of anilines is 1. The number of hydrogen-bond donors (Lipinski definition) is 1. The molecule has 132 valence electrons. The first-order valence-electron chi connectivity index (χ1n) is 8.20. The van der Waals surface area contributed by atoms with Gasteiger partial charge in [0, 0.05) is 24.8 Å². The van der Waals surface area contributed by atoms with Crippen LogP contribution in [-0.2, 0) is 17.9 Å². The third-order valence-corrected chi connectivity index (χ3v) is 3.82. The average molecular weight is 350 g/mol. The first kappa shape index (κ1) is 16.2. The Kier molecular flexibility index (Phi) is 4.32. The Balaban J connectivity index is 1.66. The van der Waals surface area contributed by atoms with Crippen LogP contribution in [0, 0.1) is 6.92 Å². The number of ether oxygens (including phenoxy) is 1. The maximum absolute atomic E-state index is 5.12. The lowest BCUT2D eigenvalue weighted by Gasteiger charge is -2.09. The first-order chi connectivity index (χ1) is 12.7. The average Bonchev–Trinajstić information content (AvgIpc) is 3.26. The van der Waals surface area contributed by atoms with E-state index in [1.165, 1.54) is 0 Å². The summed E-state index contributed by atoms with van der Waals surface area (Å²) in [6.07, 6.45) is 0. The van der Waals surface area contributed by atoms with Crippen molar-refractivity contribution >= 4 is 11.5 Å². The molecule has 8 nitrogen and oxygen atoms in total. The Labute approximate surface area is 149 Å². The normalized spacial score (nSPS) is 11.2. The zero-order chi connectivity index (χ0) is 17.9. The van der Waals surface area contributed by atoms with Gasteiger partial charge >= 0.3 is 0 Å². The van der Waals surface area contributed by atoms with Crippen LogP contribution < -0.4 is 5.32 Å². The summed E-state index contributed by atoms with van der Waals surface area (Å²) < 4.78 is 11.9. The van der Waals surface area contributed by atoms with E-state index < -0.39 is 0 Å². The van der Waals surface area contributed by atoms with E-state index in [2.05, 4.69) is 20.6 Å². The van der Waals surface area contributed by atoms with E-state index in [-0.39, 0.29) is 0 Å². The fraction of sp³-hybridized carbons (Fsp3) is 0.222. The number of benzene rings is 1. The summed E-state index contributed by atoms with van der Waals surface area (Å²) in [5.41, 5.74) is 3.58. The predicted octanol–water partition coefficient (Wildman–Crippen LogP) is 2.85. The lowest BCUT2D eigenvalue weighted by molar-refractivity contribution is 0.151. The Hall–Kier alpha value is -3.26. The number of nitrogens with one attached hydrogen (secondary N) is 1. The molecule has 26 heavy (non-hydrogen) atoms. The summed E-state index contributed by atoms with van der Waals surface area (Å²) in [4.78, 5) is 8.97. The van der Waals surface area contributed by atoms with Gasteiger partial charge in [-0.2, -0.15) is 14.6 Å². The molecule has 3 aromatic heterocycles. The molecule has 1 aromatic carbocycles. The summed E-state index contributed by atoms with van der Waals surface area (Å²) >= 11 is 0. The molecule has 0 atom stereocenters. The van der Waals surface area contributed by atoms with E-state index >= 15 is 0 Å². The highest BCUT2D eigenvalue weighted by atomic mass is 16.5. The molecule has 4 aromatic rings. The summed E-state index contributed by atoms with van der Waals surface area (Å²) in [7, 11) is 1.58. The lowest BCUT2D eigenvalue weighted by atomic mass is 10.1. The van der Waals surface area contributed by atoms with Gasteiger partial charge in [0.25, 0.3) is 5.89 Å². The van der Waals surface area contributed by atoms with Crippen LogP contribution in [0.25, 0.3) is 16.9 Å². The van der Waals surface area contributed by atoms with Crippen molar-refractivity contribution in [3.8, 4) is 11.3 Å². The number of nitrogens with zero attached hydrogens (tertiary/aromatic N) is 5. The zero-order valence-corrected chi connectivity index (χ0v) is 14.5. The van der Waals surface area contributed by atoms with Crippen molar-refractivity contribution in [1.29, 1.82) is 0 Å². The molecule has 8 heteroatoms. The van der Waals surface area contributed by atoms with Gasteiger partial charge in [0.2, 0.25) is 0 Å². The molecule has 0 aliphatic heterocycles. The van der Waals surface area contributed by atoms with Gasteiger partial charge in [0.15, 0.2) is 11.5 Å². The number of rotatable bonds is 6. The largest absolute Gasteiger partial charge is 0.375 e. The monoisotopic (exact) mass is 350 g/mol. The van der Waals surface area contributed by atoms with E-state index in [1.54, 1.807) is 11.6 Å².